The normalized spacial score (nSPS) is 15.1. The number of carbonyl (C=O) groups is 3. The van der Waals surface area contributed by atoms with E-state index in [1.807, 2.05) is 62.4 Å². The van der Waals surface area contributed by atoms with E-state index in [9.17, 15) is 29.7 Å². The largest absolute Gasteiger partial charge is 0.444 e. The first-order chi connectivity index (χ1) is 20.6. The van der Waals surface area contributed by atoms with Crippen LogP contribution in [0.1, 0.15) is 52.2 Å². The van der Waals surface area contributed by atoms with Gasteiger partial charge in [0.2, 0.25) is 5.91 Å². The summed E-state index contributed by atoms with van der Waals surface area (Å²) in [5, 5.41) is 34.3. The Bertz CT molecular complexity index is 1170. The number of urea groups is 1. The van der Waals surface area contributed by atoms with Crippen molar-refractivity contribution < 1.29 is 34.4 Å². The standard InChI is InChI=1S/C33H50N4O7/c1-22(2)17-26(34)30(41)37(32(43)36(6)20-25(39)21-38)28(19-24-15-11-8-12-16-24)29(40)27(18-23-13-9-7-10-14-23)35-31(42)44-33(3,4)5/h7-16,22,25-29,38-40H,17-21,34H2,1-6H3,(H,35,42)/t25?,26-,27?,28?,29?/m0/s1. The number of nitrogens with zero attached hydrogens (tertiary/aromatic N) is 2. The van der Waals surface area contributed by atoms with Gasteiger partial charge in [0.1, 0.15) is 5.60 Å². The zero-order valence-electron chi connectivity index (χ0n) is 26.7. The predicted octanol–water partition coefficient (Wildman–Crippen LogP) is 2.70. The van der Waals surface area contributed by atoms with E-state index >= 15 is 0 Å². The lowest BCUT2D eigenvalue weighted by molar-refractivity contribution is -0.135. The van der Waals surface area contributed by atoms with Crippen molar-refractivity contribution in [3.05, 3.63) is 71.8 Å². The molecule has 0 bridgehead atoms. The summed E-state index contributed by atoms with van der Waals surface area (Å²) in [6.45, 7) is 8.11. The Kier molecular flexibility index (Phi) is 14.3. The highest BCUT2D eigenvalue weighted by Crippen LogP contribution is 2.22. The van der Waals surface area contributed by atoms with Gasteiger partial charge in [0.15, 0.2) is 0 Å². The van der Waals surface area contributed by atoms with Gasteiger partial charge in [-0.15, -0.1) is 0 Å². The van der Waals surface area contributed by atoms with E-state index in [2.05, 4.69) is 5.32 Å². The van der Waals surface area contributed by atoms with Gasteiger partial charge in [-0.1, -0.05) is 74.5 Å². The molecule has 6 N–H and O–H groups in total. The van der Waals surface area contributed by atoms with Crippen LogP contribution in [0.25, 0.3) is 0 Å². The summed E-state index contributed by atoms with van der Waals surface area (Å²) in [4.78, 5) is 43.1. The maximum Gasteiger partial charge on any atom is 0.407 e. The fourth-order valence-electron chi connectivity index (χ4n) is 4.90. The highest BCUT2D eigenvalue weighted by Gasteiger charge is 2.42. The quantitative estimate of drug-likeness (QED) is 0.217. The van der Waals surface area contributed by atoms with Gasteiger partial charge in [0, 0.05) is 7.05 Å². The third-order valence-electron chi connectivity index (χ3n) is 6.93. The molecular weight excluding hydrogens is 564 g/mol. The molecule has 0 saturated carbocycles. The summed E-state index contributed by atoms with van der Waals surface area (Å²) in [5.41, 5.74) is 7.06. The second kappa shape index (κ2) is 17.1. The number of nitrogens with one attached hydrogen (secondary N) is 1. The molecule has 0 aliphatic carbocycles. The number of aliphatic hydroxyl groups excluding tert-OH is 3. The van der Waals surface area contributed by atoms with Crippen LogP contribution in [0.3, 0.4) is 0 Å². The van der Waals surface area contributed by atoms with Crippen LogP contribution < -0.4 is 11.1 Å². The lowest BCUT2D eigenvalue weighted by Gasteiger charge is -2.40. The number of ether oxygens (including phenoxy) is 1. The maximum atomic E-state index is 14.0. The zero-order valence-corrected chi connectivity index (χ0v) is 26.7. The van der Waals surface area contributed by atoms with Crippen molar-refractivity contribution in [2.75, 3.05) is 20.2 Å². The van der Waals surface area contributed by atoms with Crippen molar-refractivity contribution in [1.82, 2.24) is 15.1 Å². The average Bonchev–Trinajstić information content (AvgIpc) is 2.95. The number of likely N-dealkylation sites (N-methyl/N-ethyl adjacent to an activating group) is 1. The Labute approximate surface area is 261 Å². The molecule has 0 aromatic heterocycles. The fraction of sp³-hybridized carbons (Fsp3) is 0.545. The van der Waals surface area contributed by atoms with E-state index in [4.69, 9.17) is 10.5 Å². The van der Waals surface area contributed by atoms with Crippen molar-refractivity contribution in [3.8, 4) is 0 Å². The molecule has 0 saturated heterocycles. The van der Waals surface area contributed by atoms with Crippen LogP contribution in [-0.4, -0.2) is 99.3 Å². The second-order valence-electron chi connectivity index (χ2n) is 12.6. The second-order valence-corrected chi connectivity index (χ2v) is 12.6. The summed E-state index contributed by atoms with van der Waals surface area (Å²) in [6, 6.07) is 14.2. The molecule has 2 rings (SSSR count). The molecule has 2 aromatic rings. The molecule has 0 radical (unpaired) electrons. The number of benzene rings is 2. The minimum absolute atomic E-state index is 0.0389. The number of alkyl carbamates (subject to hydrolysis) is 1. The predicted molar refractivity (Wildman–Crippen MR) is 169 cm³/mol. The molecule has 0 aliphatic heterocycles. The Morgan fingerprint density at radius 2 is 1.45 bits per heavy atom. The number of amides is 4. The van der Waals surface area contributed by atoms with Gasteiger partial charge in [0.25, 0.3) is 0 Å². The lowest BCUT2D eigenvalue weighted by atomic mass is 9.90. The van der Waals surface area contributed by atoms with Crippen molar-refractivity contribution >= 4 is 18.0 Å². The molecule has 0 aliphatic rings. The minimum Gasteiger partial charge on any atom is -0.444 e. The third-order valence-corrected chi connectivity index (χ3v) is 6.93. The van der Waals surface area contributed by atoms with Crippen LogP contribution in [0.5, 0.6) is 0 Å². The van der Waals surface area contributed by atoms with Crippen molar-refractivity contribution in [2.24, 2.45) is 11.7 Å². The molecule has 4 amide bonds. The molecule has 4 unspecified atom stereocenters. The van der Waals surface area contributed by atoms with Crippen molar-refractivity contribution in [1.29, 1.82) is 0 Å². The molecule has 2 aromatic carbocycles. The Morgan fingerprint density at radius 3 is 1.93 bits per heavy atom. The minimum atomic E-state index is -1.47. The Balaban J connectivity index is 2.66. The molecule has 244 valence electrons. The van der Waals surface area contributed by atoms with Gasteiger partial charge in [-0.3, -0.25) is 9.69 Å². The van der Waals surface area contributed by atoms with Gasteiger partial charge in [0.05, 0.1) is 43.5 Å². The summed E-state index contributed by atoms with van der Waals surface area (Å²) >= 11 is 0. The summed E-state index contributed by atoms with van der Waals surface area (Å²) < 4.78 is 5.50. The molecule has 0 fully saturated rings. The molecule has 5 atom stereocenters. The summed E-state index contributed by atoms with van der Waals surface area (Å²) in [5.74, 6) is -0.665. The van der Waals surface area contributed by atoms with Crippen molar-refractivity contribution in [2.45, 2.75) is 89.8 Å². The highest BCUT2D eigenvalue weighted by atomic mass is 16.6. The van der Waals surface area contributed by atoms with E-state index in [0.29, 0.717) is 0 Å². The van der Waals surface area contributed by atoms with E-state index < -0.39 is 60.6 Å². The van der Waals surface area contributed by atoms with E-state index in [1.54, 1.807) is 32.9 Å². The van der Waals surface area contributed by atoms with Gasteiger partial charge in [-0.2, -0.15) is 0 Å². The monoisotopic (exact) mass is 614 g/mol. The number of nitrogens with two attached hydrogens (primary N) is 1. The molecule has 11 nitrogen and oxygen atoms in total. The van der Waals surface area contributed by atoms with Crippen molar-refractivity contribution in [3.63, 3.8) is 0 Å². The first-order valence-electron chi connectivity index (χ1n) is 15.0. The van der Waals surface area contributed by atoms with Gasteiger partial charge in [-0.25, -0.2) is 9.59 Å². The third kappa shape index (κ3) is 11.9. The lowest BCUT2D eigenvalue weighted by Crippen LogP contribution is -2.63. The smallest absolute Gasteiger partial charge is 0.407 e. The van der Waals surface area contributed by atoms with Crippen LogP contribution in [-0.2, 0) is 22.4 Å². The highest BCUT2D eigenvalue weighted by molar-refractivity contribution is 5.97. The molecule has 0 heterocycles. The summed E-state index contributed by atoms with van der Waals surface area (Å²) in [6.07, 6.45) is -2.99. The van der Waals surface area contributed by atoms with Crippen LogP contribution in [0, 0.1) is 5.92 Å². The number of carbonyl (C=O) groups excluding carboxylic acids is 3. The van der Waals surface area contributed by atoms with Gasteiger partial charge >= 0.3 is 12.1 Å². The van der Waals surface area contributed by atoms with Gasteiger partial charge in [-0.05, 0) is 57.1 Å². The molecular formula is C33H50N4O7. The average molecular weight is 615 g/mol. The summed E-state index contributed by atoms with van der Waals surface area (Å²) in [7, 11) is 1.39. The SMILES string of the molecule is CC(C)C[C@H](N)C(=O)N(C(=O)N(C)CC(O)CO)C(Cc1ccccc1)C(O)C(Cc1ccccc1)NC(=O)OC(C)(C)C. The number of rotatable bonds is 14. The molecule has 0 spiro atoms. The first kappa shape index (κ1) is 36.7. The topological polar surface area (TPSA) is 166 Å². The van der Waals surface area contributed by atoms with E-state index in [1.165, 1.54) is 7.05 Å². The van der Waals surface area contributed by atoms with Crippen LogP contribution in [0.15, 0.2) is 60.7 Å². The number of aliphatic hydroxyl groups is 3. The van der Waals surface area contributed by atoms with E-state index in [-0.39, 0.29) is 31.7 Å². The number of hydrogen-bond acceptors (Lipinski definition) is 8. The molecule has 11 heteroatoms. The maximum absolute atomic E-state index is 14.0. The van der Waals surface area contributed by atoms with Gasteiger partial charge < -0.3 is 36.0 Å². The Hall–Kier alpha value is -3.51. The van der Waals surface area contributed by atoms with Crippen LogP contribution in [0.2, 0.25) is 0 Å². The fourth-order valence-corrected chi connectivity index (χ4v) is 4.90. The first-order valence-corrected chi connectivity index (χ1v) is 15.0. The number of hydrogen-bond donors (Lipinski definition) is 5. The Morgan fingerprint density at radius 1 is 0.932 bits per heavy atom. The van der Waals surface area contributed by atoms with E-state index in [0.717, 1.165) is 20.9 Å². The van der Waals surface area contributed by atoms with Crippen LogP contribution >= 0.6 is 0 Å². The number of imide groups is 1. The zero-order chi connectivity index (χ0) is 33.0. The van der Waals surface area contributed by atoms with Crippen LogP contribution in [0.4, 0.5) is 9.59 Å². The molecule has 44 heavy (non-hydrogen) atoms.